The largest absolute Gasteiger partial charge is 0.484 e. The van der Waals surface area contributed by atoms with Crippen molar-refractivity contribution in [3.8, 4) is 5.75 Å². The van der Waals surface area contributed by atoms with Crippen LogP contribution in [0.4, 0.5) is 0 Å². The topological polar surface area (TPSA) is 58.6 Å². The molecule has 0 saturated heterocycles. The number of carbonyl (C=O) groups excluding carboxylic acids is 2. The third-order valence-electron chi connectivity index (χ3n) is 4.62. The highest BCUT2D eigenvalue weighted by Crippen LogP contribution is 2.16. The normalized spacial score (nSPS) is 11.6. The van der Waals surface area contributed by atoms with Crippen LogP contribution in [0.2, 0.25) is 5.02 Å². The van der Waals surface area contributed by atoms with E-state index < -0.39 is 6.04 Å². The van der Waals surface area contributed by atoms with E-state index in [1.165, 1.54) is 4.90 Å². The average Bonchev–Trinajstić information content (AvgIpc) is 2.71. The minimum Gasteiger partial charge on any atom is -0.484 e. The van der Waals surface area contributed by atoms with Crippen molar-refractivity contribution in [2.75, 3.05) is 13.2 Å². The third kappa shape index (κ3) is 7.42. The Morgan fingerprint density at radius 1 is 1.17 bits per heavy atom. The van der Waals surface area contributed by atoms with Crippen molar-refractivity contribution in [1.82, 2.24) is 10.2 Å². The number of unbranched alkanes of at least 4 members (excludes halogenated alkanes) is 1. The summed E-state index contributed by atoms with van der Waals surface area (Å²) in [7, 11) is 0. The molecule has 6 heteroatoms. The molecule has 0 aromatic heterocycles. The van der Waals surface area contributed by atoms with Crippen LogP contribution in [0, 0.1) is 6.92 Å². The Hall–Kier alpha value is -2.53. The molecule has 0 bridgehead atoms. The van der Waals surface area contributed by atoms with E-state index in [1.807, 2.05) is 43.3 Å². The van der Waals surface area contributed by atoms with Gasteiger partial charge in [0.2, 0.25) is 5.91 Å². The molecule has 5 nitrogen and oxygen atoms in total. The molecule has 156 valence electrons. The number of nitrogens with zero attached hydrogens (tertiary/aromatic N) is 1. The highest BCUT2D eigenvalue weighted by molar-refractivity contribution is 6.30. The Bertz CT molecular complexity index is 808. The number of carbonyl (C=O) groups is 2. The maximum absolute atomic E-state index is 12.9. The molecule has 2 aromatic carbocycles. The third-order valence-corrected chi connectivity index (χ3v) is 4.86. The van der Waals surface area contributed by atoms with E-state index in [0.717, 1.165) is 24.0 Å². The molecule has 0 aliphatic carbocycles. The number of ether oxygens (including phenoxy) is 1. The fraction of sp³-hybridized carbons (Fsp3) is 0.391. The lowest BCUT2D eigenvalue weighted by atomic mass is 10.1. The molecule has 2 rings (SSSR count). The number of benzene rings is 2. The van der Waals surface area contributed by atoms with Gasteiger partial charge in [-0.2, -0.15) is 0 Å². The number of amides is 2. The van der Waals surface area contributed by atoms with Crippen molar-refractivity contribution < 1.29 is 14.3 Å². The van der Waals surface area contributed by atoms with Gasteiger partial charge in [0.05, 0.1) is 0 Å². The number of hydrogen-bond acceptors (Lipinski definition) is 3. The lowest BCUT2D eigenvalue weighted by Gasteiger charge is -2.28. The molecule has 29 heavy (non-hydrogen) atoms. The monoisotopic (exact) mass is 416 g/mol. The maximum atomic E-state index is 12.9. The van der Waals surface area contributed by atoms with Crippen LogP contribution in [-0.4, -0.2) is 35.9 Å². The predicted octanol–water partition coefficient (Wildman–Crippen LogP) is 4.36. The Kier molecular flexibility index (Phi) is 9.00. The van der Waals surface area contributed by atoms with E-state index in [9.17, 15) is 9.59 Å². The molecular formula is C23H29ClN2O3. The average molecular weight is 417 g/mol. The zero-order valence-electron chi connectivity index (χ0n) is 17.3. The van der Waals surface area contributed by atoms with Gasteiger partial charge in [-0.05, 0) is 50.1 Å². The molecule has 1 unspecified atom stereocenters. The van der Waals surface area contributed by atoms with Crippen molar-refractivity contribution in [2.45, 2.75) is 46.2 Å². The molecule has 2 aromatic rings. The molecule has 0 radical (unpaired) electrons. The van der Waals surface area contributed by atoms with Crippen LogP contribution in [0.1, 0.15) is 37.8 Å². The molecule has 0 spiro atoms. The van der Waals surface area contributed by atoms with Crippen LogP contribution in [0.3, 0.4) is 0 Å². The van der Waals surface area contributed by atoms with Crippen LogP contribution in [0.15, 0.2) is 48.5 Å². The SMILES string of the molecule is CCCCNC(=O)C(C)N(Cc1cccc(Cl)c1)C(=O)COc1ccc(C)cc1. The molecule has 0 heterocycles. The second-order valence-electron chi connectivity index (χ2n) is 7.07. The van der Waals surface area contributed by atoms with Crippen LogP contribution in [-0.2, 0) is 16.1 Å². The molecule has 0 aliphatic heterocycles. The number of nitrogens with one attached hydrogen (secondary N) is 1. The number of halogens is 1. The Morgan fingerprint density at radius 2 is 1.90 bits per heavy atom. The Labute approximate surface area is 178 Å². The number of hydrogen-bond donors (Lipinski definition) is 1. The molecule has 1 atom stereocenters. The summed E-state index contributed by atoms with van der Waals surface area (Å²) in [4.78, 5) is 27.0. The summed E-state index contributed by atoms with van der Waals surface area (Å²) in [5.41, 5.74) is 1.97. The minimum atomic E-state index is -0.625. The summed E-state index contributed by atoms with van der Waals surface area (Å²) in [6, 6.07) is 14.2. The Balaban J connectivity index is 2.10. The minimum absolute atomic E-state index is 0.143. The number of aryl methyl sites for hydroxylation is 1. The molecule has 0 aliphatic rings. The molecule has 2 amide bonds. The van der Waals surface area contributed by atoms with Gasteiger partial charge in [-0.1, -0.05) is 54.8 Å². The lowest BCUT2D eigenvalue weighted by Crippen LogP contribution is -2.49. The summed E-state index contributed by atoms with van der Waals surface area (Å²) < 4.78 is 5.64. The Morgan fingerprint density at radius 3 is 2.55 bits per heavy atom. The van der Waals surface area contributed by atoms with E-state index >= 15 is 0 Å². The first-order valence-electron chi connectivity index (χ1n) is 9.91. The van der Waals surface area contributed by atoms with Gasteiger partial charge in [-0.15, -0.1) is 0 Å². The molecular weight excluding hydrogens is 388 g/mol. The molecule has 0 fully saturated rings. The van der Waals surface area contributed by atoms with Gasteiger partial charge in [0.1, 0.15) is 11.8 Å². The van der Waals surface area contributed by atoms with E-state index in [0.29, 0.717) is 17.3 Å². The summed E-state index contributed by atoms with van der Waals surface area (Å²) in [5.74, 6) is 0.180. The van der Waals surface area contributed by atoms with Crippen molar-refractivity contribution in [1.29, 1.82) is 0 Å². The lowest BCUT2D eigenvalue weighted by molar-refractivity contribution is -0.142. The van der Waals surface area contributed by atoms with E-state index in [1.54, 1.807) is 19.1 Å². The van der Waals surface area contributed by atoms with Gasteiger partial charge in [0.25, 0.3) is 5.91 Å². The quantitative estimate of drug-likeness (QED) is 0.585. The fourth-order valence-corrected chi connectivity index (χ4v) is 3.03. The zero-order chi connectivity index (χ0) is 21.2. The van der Waals surface area contributed by atoms with Gasteiger partial charge < -0.3 is 15.0 Å². The van der Waals surface area contributed by atoms with Crippen LogP contribution in [0.25, 0.3) is 0 Å². The fourth-order valence-electron chi connectivity index (χ4n) is 2.81. The summed E-state index contributed by atoms with van der Waals surface area (Å²) >= 11 is 6.08. The second-order valence-corrected chi connectivity index (χ2v) is 7.51. The first kappa shape index (κ1) is 22.8. The first-order chi connectivity index (χ1) is 13.9. The predicted molar refractivity (Wildman–Crippen MR) is 116 cm³/mol. The van der Waals surface area contributed by atoms with Crippen molar-refractivity contribution in [3.63, 3.8) is 0 Å². The maximum Gasteiger partial charge on any atom is 0.261 e. The first-order valence-corrected chi connectivity index (χ1v) is 10.3. The van der Waals surface area contributed by atoms with Crippen LogP contribution >= 0.6 is 11.6 Å². The van der Waals surface area contributed by atoms with Crippen LogP contribution in [0.5, 0.6) is 5.75 Å². The summed E-state index contributed by atoms with van der Waals surface area (Å²) in [6.45, 7) is 6.51. The highest BCUT2D eigenvalue weighted by Gasteiger charge is 2.26. The van der Waals surface area contributed by atoms with E-state index in [2.05, 4.69) is 12.2 Å². The van der Waals surface area contributed by atoms with Gasteiger partial charge in [-0.25, -0.2) is 0 Å². The summed E-state index contributed by atoms with van der Waals surface area (Å²) in [5, 5.41) is 3.48. The zero-order valence-corrected chi connectivity index (χ0v) is 18.0. The second kappa shape index (κ2) is 11.5. The highest BCUT2D eigenvalue weighted by atomic mass is 35.5. The smallest absolute Gasteiger partial charge is 0.261 e. The summed E-state index contributed by atoms with van der Waals surface area (Å²) in [6.07, 6.45) is 1.89. The standard InChI is InChI=1S/C23H29ClN2O3/c1-4-5-13-25-23(28)18(3)26(15-19-7-6-8-20(24)14-19)22(27)16-29-21-11-9-17(2)10-12-21/h6-12,14,18H,4-5,13,15-16H2,1-3H3,(H,25,28). The van der Waals surface area contributed by atoms with Crippen molar-refractivity contribution >= 4 is 23.4 Å². The molecule has 0 saturated carbocycles. The van der Waals surface area contributed by atoms with Crippen LogP contribution < -0.4 is 10.1 Å². The van der Waals surface area contributed by atoms with Gasteiger partial charge in [0, 0.05) is 18.1 Å². The van der Waals surface area contributed by atoms with E-state index in [-0.39, 0.29) is 25.0 Å². The van der Waals surface area contributed by atoms with Gasteiger partial charge in [-0.3, -0.25) is 9.59 Å². The number of rotatable bonds is 10. The van der Waals surface area contributed by atoms with Crippen molar-refractivity contribution in [3.05, 3.63) is 64.7 Å². The van der Waals surface area contributed by atoms with Gasteiger partial charge in [0.15, 0.2) is 6.61 Å². The van der Waals surface area contributed by atoms with Gasteiger partial charge >= 0.3 is 0 Å². The van der Waals surface area contributed by atoms with Crippen molar-refractivity contribution in [2.24, 2.45) is 0 Å². The van der Waals surface area contributed by atoms with E-state index in [4.69, 9.17) is 16.3 Å². The molecule has 1 N–H and O–H groups in total.